The van der Waals surface area contributed by atoms with Crippen LogP contribution < -0.4 is 9.30 Å². The Morgan fingerprint density at radius 3 is 1.86 bits per heavy atom. The van der Waals surface area contributed by atoms with E-state index in [2.05, 4.69) is 37.6 Å². The zero-order valence-electron chi connectivity index (χ0n) is 17.2. The van der Waals surface area contributed by atoms with Crippen LogP contribution in [0.25, 0.3) is 11.3 Å². The third kappa shape index (κ3) is 4.81. The molecule has 154 valence electrons. The summed E-state index contributed by atoms with van der Waals surface area (Å²) >= 11 is 0. The molecule has 0 atom stereocenters. The van der Waals surface area contributed by atoms with Crippen LogP contribution in [-0.2, 0) is 11.0 Å². The van der Waals surface area contributed by atoms with Gasteiger partial charge in [-0.05, 0) is 35.2 Å². The molecule has 2 aromatic carbocycles. The summed E-state index contributed by atoms with van der Waals surface area (Å²) in [5, 5.41) is 0. The molecule has 0 aliphatic rings. The average molecular weight is 404 g/mol. The molecular formula is C23H25F3NO2+. The maximum atomic E-state index is 12.4. The van der Waals surface area contributed by atoms with Gasteiger partial charge in [0.1, 0.15) is 5.75 Å². The van der Waals surface area contributed by atoms with Gasteiger partial charge in [0.2, 0.25) is 12.0 Å². The summed E-state index contributed by atoms with van der Waals surface area (Å²) in [6.45, 7) is 10.4. The summed E-state index contributed by atoms with van der Waals surface area (Å²) in [6, 6.07) is 14.1. The van der Waals surface area contributed by atoms with E-state index in [0.717, 1.165) is 16.9 Å². The van der Waals surface area contributed by atoms with Crippen molar-refractivity contribution in [2.24, 2.45) is 0 Å². The minimum Gasteiger partial charge on any atom is -0.406 e. The summed E-state index contributed by atoms with van der Waals surface area (Å²) in [5.74, 6) is 0.476. The number of benzene rings is 2. The van der Waals surface area contributed by atoms with Gasteiger partial charge in [-0.1, -0.05) is 45.0 Å². The van der Waals surface area contributed by atoms with E-state index in [1.165, 1.54) is 17.7 Å². The standard InChI is InChI=1S/C23H25F3NO2/c1-21(2,3)17-8-6-16(7-9-17)20-14-27(15-28-20)22(4,5)18-10-12-19(13-11-18)29-23(24,25)26/h6-15H,1-5H3/q+1. The lowest BCUT2D eigenvalue weighted by molar-refractivity contribution is -0.749. The number of oxazole rings is 1. The van der Waals surface area contributed by atoms with Crippen molar-refractivity contribution in [3.05, 3.63) is 72.2 Å². The molecule has 0 fully saturated rings. The number of aromatic nitrogens is 1. The molecule has 3 aromatic rings. The Morgan fingerprint density at radius 1 is 0.793 bits per heavy atom. The summed E-state index contributed by atoms with van der Waals surface area (Å²) < 4.78 is 48.7. The van der Waals surface area contributed by atoms with Gasteiger partial charge in [0.25, 0.3) is 0 Å². The monoisotopic (exact) mass is 404 g/mol. The smallest absolute Gasteiger partial charge is 0.406 e. The Balaban J connectivity index is 1.83. The van der Waals surface area contributed by atoms with E-state index in [-0.39, 0.29) is 11.2 Å². The zero-order valence-corrected chi connectivity index (χ0v) is 17.2. The molecule has 1 heterocycles. The second kappa shape index (κ2) is 7.25. The molecule has 0 radical (unpaired) electrons. The fourth-order valence-electron chi connectivity index (χ4n) is 3.08. The molecule has 0 unspecified atom stereocenters. The maximum absolute atomic E-state index is 12.4. The van der Waals surface area contributed by atoms with Crippen LogP contribution in [0.5, 0.6) is 5.75 Å². The topological polar surface area (TPSA) is 26.2 Å². The van der Waals surface area contributed by atoms with Crippen LogP contribution in [0.1, 0.15) is 45.7 Å². The van der Waals surface area contributed by atoms with Crippen LogP contribution in [-0.4, -0.2) is 6.36 Å². The summed E-state index contributed by atoms with van der Waals surface area (Å²) in [5.41, 5.74) is 2.58. The Bertz CT molecular complexity index is 963. The van der Waals surface area contributed by atoms with E-state index in [4.69, 9.17) is 4.42 Å². The van der Waals surface area contributed by atoms with Crippen molar-refractivity contribution in [3.8, 4) is 17.1 Å². The van der Waals surface area contributed by atoms with Gasteiger partial charge in [-0.2, -0.15) is 4.57 Å². The molecule has 0 bridgehead atoms. The van der Waals surface area contributed by atoms with Gasteiger partial charge < -0.3 is 9.15 Å². The van der Waals surface area contributed by atoms with E-state index in [1.54, 1.807) is 18.5 Å². The molecular weight excluding hydrogens is 379 g/mol. The second-order valence-corrected chi connectivity index (χ2v) is 8.58. The first-order chi connectivity index (χ1) is 13.4. The van der Waals surface area contributed by atoms with Crippen LogP contribution in [0.4, 0.5) is 13.2 Å². The highest BCUT2D eigenvalue weighted by Crippen LogP contribution is 2.29. The van der Waals surface area contributed by atoms with Crippen LogP contribution in [0.2, 0.25) is 0 Å². The average Bonchev–Trinajstić information content (AvgIpc) is 3.11. The van der Waals surface area contributed by atoms with E-state index in [1.807, 2.05) is 36.7 Å². The first-order valence-corrected chi connectivity index (χ1v) is 9.34. The number of alkyl halides is 3. The molecule has 0 amide bonds. The van der Waals surface area contributed by atoms with Crippen molar-refractivity contribution in [3.63, 3.8) is 0 Å². The van der Waals surface area contributed by atoms with Gasteiger partial charge in [-0.3, -0.25) is 0 Å². The minimum absolute atomic E-state index is 0.0750. The first-order valence-electron chi connectivity index (χ1n) is 9.34. The van der Waals surface area contributed by atoms with Gasteiger partial charge in [-0.15, -0.1) is 13.2 Å². The quantitative estimate of drug-likeness (QED) is 0.483. The third-order valence-corrected chi connectivity index (χ3v) is 5.02. The number of rotatable bonds is 4. The number of hydrogen-bond acceptors (Lipinski definition) is 2. The number of halogens is 3. The van der Waals surface area contributed by atoms with E-state index < -0.39 is 11.9 Å². The van der Waals surface area contributed by atoms with Crippen LogP contribution in [0.15, 0.2) is 65.5 Å². The highest BCUT2D eigenvalue weighted by molar-refractivity contribution is 5.56. The van der Waals surface area contributed by atoms with Crippen molar-refractivity contribution >= 4 is 0 Å². The molecule has 6 heteroatoms. The molecule has 0 aliphatic carbocycles. The second-order valence-electron chi connectivity index (χ2n) is 8.58. The van der Waals surface area contributed by atoms with Crippen molar-refractivity contribution in [1.82, 2.24) is 0 Å². The first kappa shape index (κ1) is 21.0. The lowest BCUT2D eigenvalue weighted by atomic mass is 9.86. The predicted molar refractivity (Wildman–Crippen MR) is 105 cm³/mol. The zero-order chi connectivity index (χ0) is 21.4. The van der Waals surface area contributed by atoms with Crippen LogP contribution in [0, 0.1) is 0 Å². The lowest BCUT2D eigenvalue weighted by Gasteiger charge is -2.19. The molecule has 0 N–H and O–H groups in total. The SMILES string of the molecule is CC(C)(C)c1ccc(-c2c[n+](C(C)(C)c3ccc(OC(F)(F)F)cc3)co2)cc1. The molecule has 0 aliphatic heterocycles. The summed E-state index contributed by atoms with van der Waals surface area (Å²) in [4.78, 5) is 0. The van der Waals surface area contributed by atoms with Gasteiger partial charge >= 0.3 is 12.8 Å². The lowest BCUT2D eigenvalue weighted by Crippen LogP contribution is -2.51. The number of nitrogens with zero attached hydrogens (tertiary/aromatic N) is 1. The number of hydrogen-bond donors (Lipinski definition) is 0. The molecule has 0 spiro atoms. The normalized spacial score (nSPS) is 12.8. The van der Waals surface area contributed by atoms with Gasteiger partial charge in [0.15, 0.2) is 5.54 Å². The molecule has 1 aromatic heterocycles. The molecule has 3 nitrogen and oxygen atoms in total. The van der Waals surface area contributed by atoms with E-state index >= 15 is 0 Å². The van der Waals surface area contributed by atoms with Crippen molar-refractivity contribution in [1.29, 1.82) is 0 Å². The largest absolute Gasteiger partial charge is 0.573 e. The van der Waals surface area contributed by atoms with Gasteiger partial charge in [0.05, 0.1) is 0 Å². The fraction of sp³-hybridized carbons (Fsp3) is 0.348. The molecule has 0 saturated carbocycles. The van der Waals surface area contributed by atoms with E-state index in [0.29, 0.717) is 0 Å². The van der Waals surface area contributed by atoms with Crippen molar-refractivity contribution in [2.45, 2.75) is 51.9 Å². The maximum Gasteiger partial charge on any atom is 0.573 e. The summed E-state index contributed by atoms with van der Waals surface area (Å²) in [7, 11) is 0. The van der Waals surface area contributed by atoms with Crippen LogP contribution >= 0.6 is 0 Å². The van der Waals surface area contributed by atoms with Gasteiger partial charge in [0, 0.05) is 25.0 Å². The third-order valence-electron chi connectivity index (χ3n) is 5.02. The van der Waals surface area contributed by atoms with Crippen LogP contribution in [0.3, 0.4) is 0 Å². The highest BCUT2D eigenvalue weighted by Gasteiger charge is 2.34. The Kier molecular flexibility index (Phi) is 5.24. The molecule has 0 saturated heterocycles. The predicted octanol–water partition coefficient (Wildman–Crippen LogP) is 6.21. The molecule has 3 rings (SSSR count). The molecule has 29 heavy (non-hydrogen) atoms. The number of ether oxygens (including phenoxy) is 1. The Hall–Kier alpha value is -2.76. The Labute approximate surface area is 168 Å². The minimum atomic E-state index is -4.70. The van der Waals surface area contributed by atoms with E-state index in [9.17, 15) is 13.2 Å². The van der Waals surface area contributed by atoms with Crippen molar-refractivity contribution in [2.75, 3.05) is 0 Å². The Morgan fingerprint density at radius 2 is 1.34 bits per heavy atom. The summed E-state index contributed by atoms with van der Waals surface area (Å²) in [6.07, 6.45) is -1.19. The fourth-order valence-corrected chi connectivity index (χ4v) is 3.08. The van der Waals surface area contributed by atoms with Crippen molar-refractivity contribution < 1.29 is 26.9 Å². The van der Waals surface area contributed by atoms with Gasteiger partial charge in [-0.25, -0.2) is 0 Å². The highest BCUT2D eigenvalue weighted by atomic mass is 19.4.